The van der Waals surface area contributed by atoms with Gasteiger partial charge < -0.3 is 15.4 Å². The minimum absolute atomic E-state index is 0.0227. The van der Waals surface area contributed by atoms with Crippen molar-refractivity contribution < 1.29 is 4.74 Å². The Kier molecular flexibility index (Phi) is 3.69. The number of nitrogens with two attached hydrogens (primary N) is 1. The number of ether oxygens (including phenoxy) is 1. The largest absolute Gasteiger partial charge is 0.378 e. The van der Waals surface area contributed by atoms with Gasteiger partial charge in [0.1, 0.15) is 0 Å². The summed E-state index contributed by atoms with van der Waals surface area (Å²) in [5.41, 5.74) is 8.57. The standard InChI is InChI=1S/C14H22N2O/c1-14(2,11-15)12-5-3-4-6-13(12)16-7-9-17-10-8-16/h3-6H,7-11,15H2,1-2H3. The molecular weight excluding hydrogens is 212 g/mol. The predicted octanol–water partition coefficient (Wildman–Crippen LogP) is 1.76. The first-order chi connectivity index (χ1) is 8.15. The van der Waals surface area contributed by atoms with E-state index in [4.69, 9.17) is 10.5 Å². The highest BCUT2D eigenvalue weighted by Crippen LogP contribution is 2.31. The lowest BCUT2D eigenvalue weighted by molar-refractivity contribution is 0.122. The molecule has 2 N–H and O–H groups in total. The van der Waals surface area contributed by atoms with E-state index in [-0.39, 0.29) is 5.41 Å². The van der Waals surface area contributed by atoms with Gasteiger partial charge in [-0.15, -0.1) is 0 Å². The zero-order chi connectivity index (χ0) is 12.3. The second-order valence-corrected chi connectivity index (χ2v) is 5.20. The maximum absolute atomic E-state index is 5.89. The molecule has 1 aromatic carbocycles. The molecule has 0 radical (unpaired) electrons. The average Bonchev–Trinajstić information content (AvgIpc) is 2.40. The molecule has 1 saturated heterocycles. The molecule has 0 amide bonds. The van der Waals surface area contributed by atoms with Gasteiger partial charge in [0, 0.05) is 30.7 Å². The highest BCUT2D eigenvalue weighted by atomic mass is 16.5. The summed E-state index contributed by atoms with van der Waals surface area (Å²) in [4.78, 5) is 2.40. The SMILES string of the molecule is CC(C)(CN)c1ccccc1N1CCOCC1. The lowest BCUT2D eigenvalue weighted by Crippen LogP contribution is -2.39. The Morgan fingerprint density at radius 3 is 2.53 bits per heavy atom. The van der Waals surface area contributed by atoms with Crippen molar-refractivity contribution in [2.24, 2.45) is 5.73 Å². The van der Waals surface area contributed by atoms with Crippen LogP contribution < -0.4 is 10.6 Å². The number of hydrogen-bond acceptors (Lipinski definition) is 3. The normalized spacial score (nSPS) is 17.2. The first-order valence-corrected chi connectivity index (χ1v) is 6.27. The van der Waals surface area contributed by atoms with E-state index in [0.29, 0.717) is 6.54 Å². The molecular formula is C14H22N2O. The minimum Gasteiger partial charge on any atom is -0.378 e. The number of para-hydroxylation sites is 1. The van der Waals surface area contributed by atoms with E-state index in [0.717, 1.165) is 26.3 Å². The van der Waals surface area contributed by atoms with E-state index in [9.17, 15) is 0 Å². The van der Waals surface area contributed by atoms with Crippen molar-refractivity contribution in [3.8, 4) is 0 Å². The fraction of sp³-hybridized carbons (Fsp3) is 0.571. The Bertz CT molecular complexity index is 370. The molecule has 0 saturated carbocycles. The van der Waals surface area contributed by atoms with Crippen LogP contribution in [0.2, 0.25) is 0 Å². The second-order valence-electron chi connectivity index (χ2n) is 5.20. The number of morpholine rings is 1. The number of hydrogen-bond donors (Lipinski definition) is 1. The van der Waals surface area contributed by atoms with Crippen molar-refractivity contribution in [2.45, 2.75) is 19.3 Å². The van der Waals surface area contributed by atoms with Crippen LogP contribution in [0, 0.1) is 0 Å². The summed E-state index contributed by atoms with van der Waals surface area (Å²) < 4.78 is 5.41. The van der Waals surface area contributed by atoms with E-state index in [1.807, 2.05) is 0 Å². The third kappa shape index (κ3) is 2.61. The second kappa shape index (κ2) is 5.07. The zero-order valence-corrected chi connectivity index (χ0v) is 10.8. The number of rotatable bonds is 3. The number of nitrogens with zero attached hydrogens (tertiary/aromatic N) is 1. The summed E-state index contributed by atoms with van der Waals surface area (Å²) in [6, 6.07) is 8.58. The van der Waals surface area contributed by atoms with Crippen molar-refractivity contribution in [1.82, 2.24) is 0 Å². The summed E-state index contributed by atoms with van der Waals surface area (Å²) in [6.45, 7) is 8.64. The topological polar surface area (TPSA) is 38.5 Å². The first kappa shape index (κ1) is 12.4. The predicted molar refractivity (Wildman–Crippen MR) is 71.6 cm³/mol. The van der Waals surface area contributed by atoms with Gasteiger partial charge in [-0.05, 0) is 11.6 Å². The molecule has 3 nitrogen and oxygen atoms in total. The minimum atomic E-state index is 0.0227. The molecule has 0 aromatic heterocycles. The fourth-order valence-corrected chi connectivity index (χ4v) is 2.24. The van der Waals surface area contributed by atoms with Gasteiger partial charge in [-0.25, -0.2) is 0 Å². The Labute approximate surface area is 104 Å². The molecule has 3 heteroatoms. The van der Waals surface area contributed by atoms with E-state index < -0.39 is 0 Å². The molecule has 0 aliphatic carbocycles. The van der Waals surface area contributed by atoms with Crippen LogP contribution in [0.3, 0.4) is 0 Å². The van der Waals surface area contributed by atoms with Crippen LogP contribution in [0.5, 0.6) is 0 Å². The average molecular weight is 234 g/mol. The van der Waals surface area contributed by atoms with E-state index >= 15 is 0 Å². The third-order valence-electron chi connectivity index (χ3n) is 3.50. The van der Waals surface area contributed by atoms with Gasteiger partial charge in [-0.1, -0.05) is 32.0 Å². The molecule has 94 valence electrons. The van der Waals surface area contributed by atoms with Crippen LogP contribution in [0.1, 0.15) is 19.4 Å². The maximum atomic E-state index is 5.89. The summed E-state index contributed by atoms with van der Waals surface area (Å²) in [6.07, 6.45) is 0. The van der Waals surface area contributed by atoms with Gasteiger partial charge in [0.25, 0.3) is 0 Å². The molecule has 17 heavy (non-hydrogen) atoms. The van der Waals surface area contributed by atoms with E-state index in [1.54, 1.807) is 0 Å². The molecule has 0 spiro atoms. The molecule has 0 unspecified atom stereocenters. The lowest BCUT2D eigenvalue weighted by Gasteiger charge is -2.34. The van der Waals surface area contributed by atoms with Gasteiger partial charge in [0.2, 0.25) is 0 Å². The molecule has 1 aliphatic heterocycles. The molecule has 1 fully saturated rings. The van der Waals surface area contributed by atoms with Crippen molar-refractivity contribution in [3.05, 3.63) is 29.8 Å². The maximum Gasteiger partial charge on any atom is 0.0642 e. The summed E-state index contributed by atoms with van der Waals surface area (Å²) in [5, 5.41) is 0. The van der Waals surface area contributed by atoms with Crippen LogP contribution in [0.15, 0.2) is 24.3 Å². The van der Waals surface area contributed by atoms with Crippen molar-refractivity contribution >= 4 is 5.69 Å². The Hall–Kier alpha value is -1.06. The van der Waals surface area contributed by atoms with Crippen molar-refractivity contribution in [3.63, 3.8) is 0 Å². The van der Waals surface area contributed by atoms with Crippen LogP contribution in [0.4, 0.5) is 5.69 Å². The molecule has 2 rings (SSSR count). The van der Waals surface area contributed by atoms with E-state index in [2.05, 4.69) is 43.0 Å². The first-order valence-electron chi connectivity index (χ1n) is 6.27. The molecule has 0 bridgehead atoms. The van der Waals surface area contributed by atoms with Crippen LogP contribution in [0.25, 0.3) is 0 Å². The van der Waals surface area contributed by atoms with Crippen LogP contribution in [-0.2, 0) is 10.2 Å². The van der Waals surface area contributed by atoms with Gasteiger partial charge >= 0.3 is 0 Å². The molecule has 1 heterocycles. The van der Waals surface area contributed by atoms with Gasteiger partial charge in [-0.2, -0.15) is 0 Å². The fourth-order valence-electron chi connectivity index (χ4n) is 2.24. The van der Waals surface area contributed by atoms with Gasteiger partial charge in [-0.3, -0.25) is 0 Å². The summed E-state index contributed by atoms with van der Waals surface area (Å²) in [7, 11) is 0. The number of benzene rings is 1. The molecule has 1 aliphatic rings. The summed E-state index contributed by atoms with van der Waals surface area (Å²) in [5.74, 6) is 0. The highest BCUT2D eigenvalue weighted by Gasteiger charge is 2.24. The summed E-state index contributed by atoms with van der Waals surface area (Å²) >= 11 is 0. The quantitative estimate of drug-likeness (QED) is 0.866. The molecule has 0 atom stereocenters. The highest BCUT2D eigenvalue weighted by molar-refractivity contribution is 5.57. The van der Waals surface area contributed by atoms with Crippen molar-refractivity contribution in [1.29, 1.82) is 0 Å². The Balaban J connectivity index is 2.33. The zero-order valence-electron chi connectivity index (χ0n) is 10.8. The van der Waals surface area contributed by atoms with E-state index in [1.165, 1.54) is 11.3 Å². The Morgan fingerprint density at radius 1 is 1.24 bits per heavy atom. The van der Waals surface area contributed by atoms with Crippen LogP contribution in [-0.4, -0.2) is 32.8 Å². The lowest BCUT2D eigenvalue weighted by atomic mass is 9.83. The number of anilines is 1. The van der Waals surface area contributed by atoms with Gasteiger partial charge in [0.15, 0.2) is 0 Å². The smallest absolute Gasteiger partial charge is 0.0642 e. The van der Waals surface area contributed by atoms with Crippen LogP contribution >= 0.6 is 0 Å². The monoisotopic (exact) mass is 234 g/mol. The Morgan fingerprint density at radius 2 is 1.88 bits per heavy atom. The van der Waals surface area contributed by atoms with Gasteiger partial charge in [0.05, 0.1) is 13.2 Å². The third-order valence-corrected chi connectivity index (χ3v) is 3.50. The van der Waals surface area contributed by atoms with Crippen molar-refractivity contribution in [2.75, 3.05) is 37.7 Å². The molecule has 1 aromatic rings.